The summed E-state index contributed by atoms with van der Waals surface area (Å²) in [5.74, 6) is -15.2. The summed E-state index contributed by atoms with van der Waals surface area (Å²) in [6, 6.07) is -4.03. The number of carbonyl (C=O) groups excluding carboxylic acids is 16. The molecule has 131 heavy (non-hydrogen) atoms. The van der Waals surface area contributed by atoms with Crippen LogP contribution in [0.25, 0.3) is 21.8 Å². The number of carbonyl (C=O) groups is 17. The van der Waals surface area contributed by atoms with Gasteiger partial charge in [0, 0.05) is 59.3 Å². The quantitative estimate of drug-likeness (QED) is 0.0260. The molecule has 16 atom stereocenters. The van der Waals surface area contributed by atoms with Crippen molar-refractivity contribution in [2.45, 2.75) is 258 Å². The topological polar surface area (TPSA) is 592 Å². The van der Waals surface area contributed by atoms with Crippen LogP contribution in [0.5, 0.6) is 0 Å². The number of nitrogens with two attached hydrogens (primary N) is 1. The first-order chi connectivity index (χ1) is 61.9. The minimum Gasteiger partial charge on any atom is -0.480 e. The number of hydrogen-bond donors (Lipinski definition) is 22. The van der Waals surface area contributed by atoms with Crippen molar-refractivity contribution in [3.63, 3.8) is 0 Å². The van der Waals surface area contributed by atoms with Gasteiger partial charge in [-0.1, -0.05) is 126 Å². The summed E-state index contributed by atoms with van der Waals surface area (Å²) in [7, 11) is 0. The van der Waals surface area contributed by atoms with Gasteiger partial charge in [-0.25, -0.2) is 4.79 Å². The second kappa shape index (κ2) is 55.7. The number of para-hydroxylation sites is 2. The predicted molar refractivity (Wildman–Crippen MR) is 502 cm³/mol. The lowest BCUT2D eigenvalue weighted by molar-refractivity contribution is -0.145. The lowest BCUT2D eigenvalue weighted by Gasteiger charge is -2.31. The van der Waals surface area contributed by atoms with E-state index in [0.29, 0.717) is 52.8 Å². The molecule has 16 amide bonds. The van der Waals surface area contributed by atoms with Crippen molar-refractivity contribution in [3.05, 3.63) is 72.1 Å². The third-order valence-electron chi connectivity index (χ3n) is 22.0. The monoisotopic (exact) mass is 1890 g/mol. The largest absolute Gasteiger partial charge is 0.480 e. The van der Waals surface area contributed by atoms with Crippen LogP contribution in [0.1, 0.15) is 165 Å². The maximum Gasteiger partial charge on any atom is 0.328 e. The van der Waals surface area contributed by atoms with Crippen molar-refractivity contribution in [3.8, 4) is 0 Å². The number of thioether (sulfide) groups is 2. The van der Waals surface area contributed by atoms with E-state index in [1.54, 1.807) is 112 Å². The standard InChI is InChI=1S/C89H139N19O20S3/c1-16-51(12)74(87(125)103-67(38-54-40-92-59-25-20-18-23-56(54)59)82(120)100-64(35-49(8)9)81(119)105-69(45-129)85(123)104-68(44-109)84(122)101-65(36-50(10)11)83(121)107-75(52(13)110)89(127)128)106-73(113)43-95-78(116)62(33-47(4)5)97-71(111)41-93-77(115)61(32-46(2)3)96-72(112)42-94-79(117)66(37-53-39-91-58-24-19-17-22-55(53)58)102-86(124)70-26-21-29-108(70)88(126)60(28-31-131-15)98-80(118)63(34-48(6)7)99-76(114)57(90)27-30-130-14/h17-20,22-25,39-40,46-52,57,60-70,74-75,91-92,109-110,129H,16,21,26-38,41-45,90H2,1-15H3,(H,93,115)(H,94,117)(H,95,116)(H,96,112)(H,97,111)(H,98,118)(H,99,114)(H,100,120)(H,101,122)(H,102,124)(H,103,125)(H,104,123)(H,105,119)(H,106,113)(H,107,121)(H,127,128)/t51-,52+,57-,60-,61-,62-,63-,64-,65-,66-,67-,68-,69-,70-,74-,75-/m0/s1. The summed E-state index contributed by atoms with van der Waals surface area (Å²) >= 11 is 7.26. The minimum absolute atomic E-state index is 0.0271. The highest BCUT2D eigenvalue weighted by Gasteiger charge is 2.42. The number of nitrogens with zero attached hydrogens (tertiary/aromatic N) is 1. The number of aliphatic hydroxyl groups is 2. The number of hydrogen-bond acceptors (Lipinski definition) is 23. The molecule has 0 spiro atoms. The van der Waals surface area contributed by atoms with Crippen molar-refractivity contribution in [1.82, 2.24) is 94.6 Å². The number of benzene rings is 2. The van der Waals surface area contributed by atoms with Gasteiger partial charge < -0.3 is 116 Å². The third-order valence-corrected chi connectivity index (χ3v) is 23.6. The van der Waals surface area contributed by atoms with Crippen LogP contribution in [0.2, 0.25) is 0 Å². The Morgan fingerprint density at radius 1 is 0.450 bits per heavy atom. The highest BCUT2D eigenvalue weighted by atomic mass is 32.2. The Balaban J connectivity index is 1.25. The van der Waals surface area contributed by atoms with Gasteiger partial charge in [0.1, 0.15) is 72.5 Å². The second-order valence-electron chi connectivity index (χ2n) is 35.4. The zero-order valence-electron chi connectivity index (χ0n) is 77.6. The molecule has 39 nitrogen and oxygen atoms in total. The Morgan fingerprint density at radius 2 is 0.817 bits per heavy atom. The lowest BCUT2D eigenvalue weighted by atomic mass is 9.96. The van der Waals surface area contributed by atoms with E-state index in [1.165, 1.54) is 28.4 Å². The van der Waals surface area contributed by atoms with E-state index in [4.69, 9.17) is 5.73 Å². The summed E-state index contributed by atoms with van der Waals surface area (Å²) in [6.45, 7) is 19.5. The first-order valence-electron chi connectivity index (χ1n) is 44.7. The normalized spacial score (nSPS) is 16.1. The number of carboxylic acid groups (broad SMARTS) is 1. The van der Waals surface area contributed by atoms with Crippen molar-refractivity contribution >= 4 is 158 Å². The van der Waals surface area contributed by atoms with E-state index < -0.39 is 223 Å². The number of aliphatic hydroxyl groups excluding tert-OH is 2. The molecule has 1 aliphatic rings. The summed E-state index contributed by atoms with van der Waals surface area (Å²) < 4.78 is 0. The number of carboxylic acids is 1. The average Bonchev–Trinajstić information content (AvgIpc) is 1.82. The van der Waals surface area contributed by atoms with Crippen molar-refractivity contribution in [2.24, 2.45) is 41.2 Å². The number of nitrogens with one attached hydrogen (secondary N) is 17. The van der Waals surface area contributed by atoms with Crippen LogP contribution in [0.3, 0.4) is 0 Å². The molecule has 1 fully saturated rings. The number of likely N-dealkylation sites (tertiary alicyclic amines) is 1. The molecule has 3 heterocycles. The number of aliphatic carboxylic acids is 1. The number of rotatable bonds is 57. The number of fused-ring (bicyclic) bond motifs is 2. The fraction of sp³-hybridized carbons (Fsp3) is 0.629. The van der Waals surface area contributed by atoms with Gasteiger partial charge >= 0.3 is 5.97 Å². The van der Waals surface area contributed by atoms with Crippen LogP contribution in [0.15, 0.2) is 60.9 Å². The molecule has 4 aromatic rings. The zero-order chi connectivity index (χ0) is 97.6. The van der Waals surface area contributed by atoms with Crippen LogP contribution in [-0.2, 0) is 94.3 Å². The third kappa shape index (κ3) is 36.5. The van der Waals surface area contributed by atoms with Crippen molar-refractivity contribution in [1.29, 1.82) is 0 Å². The van der Waals surface area contributed by atoms with E-state index >= 15 is 0 Å². The first kappa shape index (κ1) is 111. The van der Waals surface area contributed by atoms with Gasteiger partial charge in [0.15, 0.2) is 6.04 Å². The number of thiol groups is 1. The van der Waals surface area contributed by atoms with E-state index in [1.807, 2.05) is 44.6 Å². The number of aromatic nitrogens is 2. The molecule has 2 aromatic carbocycles. The highest BCUT2D eigenvalue weighted by molar-refractivity contribution is 7.98. The van der Waals surface area contributed by atoms with Gasteiger partial charge in [0.2, 0.25) is 94.5 Å². The molecule has 0 unspecified atom stereocenters. The SMILES string of the molecule is CC[C@H](C)[C@H](NC(=O)CNC(=O)[C@H](CC(C)C)NC(=O)CNC(=O)[C@H](CC(C)C)NC(=O)CNC(=O)[C@H](Cc1c[nH]c2ccccc12)NC(=O)[C@@H]1CCCN1C(=O)[C@H](CCSC)NC(=O)[C@H](CC(C)C)NC(=O)[C@@H](N)CCSC)C(=O)N[C@@H](Cc1c[nH]c2ccccc12)C(=O)N[C@@H](CC(C)C)C(=O)N[C@@H](CS)C(=O)N[C@@H](CO)C(=O)N[C@@H](CC(C)C)C(=O)N[C@H](C(=O)O)[C@@H](C)O. The molecule has 42 heteroatoms. The van der Waals surface area contributed by atoms with Crippen LogP contribution in [0.4, 0.5) is 0 Å². The summed E-state index contributed by atoms with van der Waals surface area (Å²) in [5.41, 5.74) is 8.81. The Hall–Kier alpha value is -10.6. The van der Waals surface area contributed by atoms with Gasteiger partial charge in [0.25, 0.3) is 0 Å². The minimum atomic E-state index is -1.73. The lowest BCUT2D eigenvalue weighted by Crippen LogP contribution is -2.61. The van der Waals surface area contributed by atoms with Gasteiger partial charge in [-0.2, -0.15) is 36.2 Å². The van der Waals surface area contributed by atoms with E-state index in [2.05, 4.69) is 102 Å². The molecule has 0 radical (unpaired) electrons. The van der Waals surface area contributed by atoms with E-state index in [9.17, 15) is 96.8 Å². The molecule has 22 N–H and O–H groups in total. The zero-order valence-corrected chi connectivity index (χ0v) is 80.1. The fourth-order valence-corrected chi connectivity index (χ4v) is 16.1. The van der Waals surface area contributed by atoms with Gasteiger partial charge in [-0.05, 0) is 147 Å². The molecule has 2 aromatic heterocycles. The Labute approximate surface area is 779 Å². The summed E-state index contributed by atoms with van der Waals surface area (Å²) in [6.07, 6.45) is 7.13. The van der Waals surface area contributed by atoms with E-state index in [-0.39, 0.29) is 99.7 Å². The van der Waals surface area contributed by atoms with Crippen LogP contribution in [-0.4, -0.2) is 284 Å². The number of H-pyrrole nitrogens is 2. The summed E-state index contributed by atoms with van der Waals surface area (Å²) in [4.78, 5) is 245. The Morgan fingerprint density at radius 3 is 1.24 bits per heavy atom. The van der Waals surface area contributed by atoms with Gasteiger partial charge in [-0.3, -0.25) is 76.7 Å². The molecule has 1 aliphatic heterocycles. The second-order valence-corrected chi connectivity index (χ2v) is 37.7. The maximum atomic E-state index is 14.9. The van der Waals surface area contributed by atoms with Gasteiger partial charge in [-0.15, -0.1) is 0 Å². The summed E-state index contributed by atoms with van der Waals surface area (Å²) in [5, 5.41) is 70.4. The highest BCUT2D eigenvalue weighted by Crippen LogP contribution is 2.25. The molecule has 5 rings (SSSR count). The molecule has 728 valence electrons. The van der Waals surface area contributed by atoms with Crippen LogP contribution < -0.4 is 85.5 Å². The van der Waals surface area contributed by atoms with Gasteiger partial charge in [0.05, 0.1) is 38.4 Å². The average molecular weight is 1890 g/mol. The smallest absolute Gasteiger partial charge is 0.328 e. The first-order valence-corrected chi connectivity index (χ1v) is 48.1. The molecule has 0 aliphatic carbocycles. The van der Waals surface area contributed by atoms with Crippen molar-refractivity contribution < 1.29 is 96.8 Å². The van der Waals surface area contributed by atoms with Crippen LogP contribution in [0, 0.1) is 35.5 Å². The predicted octanol–water partition coefficient (Wildman–Crippen LogP) is 0.0892. The fourth-order valence-electron chi connectivity index (χ4n) is 14.8. The van der Waals surface area contributed by atoms with E-state index in [0.717, 1.165) is 17.8 Å². The molecular formula is C89H139N19O20S3. The number of amides is 16. The Kier molecular flexibility index (Phi) is 47.2. The molecule has 1 saturated heterocycles. The maximum absolute atomic E-state index is 14.9. The molecule has 0 bridgehead atoms. The molecular weight excluding hydrogens is 1750 g/mol. The Bertz CT molecular complexity index is 4530. The van der Waals surface area contributed by atoms with Crippen LogP contribution >= 0.6 is 36.2 Å². The van der Waals surface area contributed by atoms with Crippen molar-refractivity contribution in [2.75, 3.05) is 62.6 Å². The molecule has 0 saturated carbocycles. The number of aromatic amines is 2.